The molecule has 2 nitrogen and oxygen atoms in total. The van der Waals surface area contributed by atoms with E-state index >= 15 is 0 Å². The Bertz CT molecular complexity index is 163. The van der Waals surface area contributed by atoms with Crippen LogP contribution in [0.15, 0.2) is 0 Å². The lowest BCUT2D eigenvalue weighted by Gasteiger charge is -2.31. The van der Waals surface area contributed by atoms with E-state index in [1.54, 1.807) is 0 Å². The Kier molecular flexibility index (Phi) is 1.84. The van der Waals surface area contributed by atoms with Crippen LogP contribution in [0.4, 0.5) is 0 Å². The number of nitrogens with one attached hydrogen (secondary N) is 1. The van der Waals surface area contributed by atoms with Crippen molar-refractivity contribution in [3.63, 3.8) is 0 Å². The molecule has 0 aromatic rings. The maximum absolute atomic E-state index is 11.3. The van der Waals surface area contributed by atoms with Crippen molar-refractivity contribution in [2.45, 2.75) is 44.6 Å². The smallest absolute Gasteiger partial charge is 0.223 e. The average Bonchev–Trinajstić information content (AvgIpc) is 1.92. The van der Waals surface area contributed by atoms with Crippen LogP contribution in [-0.2, 0) is 4.79 Å². The molecule has 2 saturated heterocycles. The fourth-order valence-corrected chi connectivity index (χ4v) is 2.20. The molecular formula is C9H15NO. The first-order valence-electron chi connectivity index (χ1n) is 4.66. The second kappa shape index (κ2) is 2.84. The molecule has 1 saturated carbocycles. The van der Waals surface area contributed by atoms with Gasteiger partial charge in [0.2, 0.25) is 5.91 Å². The Morgan fingerprint density at radius 1 is 1.09 bits per heavy atom. The molecule has 0 aromatic carbocycles. The second-order valence-corrected chi connectivity index (χ2v) is 3.76. The zero-order chi connectivity index (χ0) is 7.68. The van der Waals surface area contributed by atoms with Crippen LogP contribution < -0.4 is 5.32 Å². The first kappa shape index (κ1) is 7.14. The van der Waals surface area contributed by atoms with Gasteiger partial charge in [0.15, 0.2) is 0 Å². The van der Waals surface area contributed by atoms with Gasteiger partial charge in [0.05, 0.1) is 0 Å². The van der Waals surface area contributed by atoms with E-state index in [9.17, 15) is 4.79 Å². The van der Waals surface area contributed by atoms with E-state index in [2.05, 4.69) is 5.32 Å². The molecule has 0 aromatic heterocycles. The highest BCUT2D eigenvalue weighted by Crippen LogP contribution is 2.26. The number of hydrogen-bond donors (Lipinski definition) is 1. The molecule has 2 bridgehead atoms. The molecule has 3 fully saturated rings. The molecule has 3 rings (SSSR count). The summed E-state index contributed by atoms with van der Waals surface area (Å²) in [5.74, 6) is 0.674. The molecular weight excluding hydrogens is 138 g/mol. The molecule has 1 aliphatic carbocycles. The minimum absolute atomic E-state index is 0.320. The highest BCUT2D eigenvalue weighted by atomic mass is 16.2. The van der Waals surface area contributed by atoms with Crippen LogP contribution in [0.1, 0.15) is 38.5 Å². The second-order valence-electron chi connectivity index (χ2n) is 3.76. The monoisotopic (exact) mass is 153 g/mol. The van der Waals surface area contributed by atoms with Crippen molar-refractivity contribution >= 4 is 5.91 Å². The number of fused-ring (bicyclic) bond motifs is 5. The van der Waals surface area contributed by atoms with Crippen molar-refractivity contribution in [1.29, 1.82) is 0 Å². The van der Waals surface area contributed by atoms with E-state index in [0.717, 1.165) is 12.8 Å². The minimum Gasteiger partial charge on any atom is -0.353 e. The summed E-state index contributed by atoms with van der Waals surface area (Å²) in [6, 6.07) is 0.513. The fourth-order valence-electron chi connectivity index (χ4n) is 2.20. The van der Waals surface area contributed by atoms with Crippen LogP contribution in [-0.4, -0.2) is 11.9 Å². The van der Waals surface area contributed by atoms with Gasteiger partial charge in [0.1, 0.15) is 0 Å². The maximum atomic E-state index is 11.3. The first-order chi connectivity index (χ1) is 5.36. The third-order valence-electron chi connectivity index (χ3n) is 2.94. The average molecular weight is 153 g/mol. The van der Waals surface area contributed by atoms with E-state index < -0.39 is 0 Å². The van der Waals surface area contributed by atoms with Gasteiger partial charge in [-0.3, -0.25) is 4.79 Å². The molecule has 1 amide bonds. The van der Waals surface area contributed by atoms with E-state index in [0.29, 0.717) is 17.9 Å². The molecule has 2 heteroatoms. The lowest BCUT2D eigenvalue weighted by Crippen LogP contribution is -2.45. The molecule has 62 valence electrons. The Morgan fingerprint density at radius 3 is 2.73 bits per heavy atom. The summed E-state index contributed by atoms with van der Waals surface area (Å²) in [6.07, 6.45) is 7.25. The molecule has 2 heterocycles. The summed E-state index contributed by atoms with van der Waals surface area (Å²) in [7, 11) is 0. The normalized spacial score (nSPS) is 37.6. The molecule has 2 unspecified atom stereocenters. The number of carbonyl (C=O) groups excluding carboxylic acids is 1. The van der Waals surface area contributed by atoms with Gasteiger partial charge in [-0.2, -0.15) is 0 Å². The summed E-state index contributed by atoms with van der Waals surface area (Å²) in [5.41, 5.74) is 0. The SMILES string of the molecule is O=C1NC2CCCCC1CC2. The predicted octanol–water partition coefficient (Wildman–Crippen LogP) is 1.46. The van der Waals surface area contributed by atoms with Crippen molar-refractivity contribution in [3.8, 4) is 0 Å². The maximum Gasteiger partial charge on any atom is 0.223 e. The van der Waals surface area contributed by atoms with Gasteiger partial charge in [0.25, 0.3) is 0 Å². The van der Waals surface area contributed by atoms with Gasteiger partial charge in [-0.15, -0.1) is 0 Å². The highest BCUT2D eigenvalue weighted by molar-refractivity contribution is 5.79. The Hall–Kier alpha value is -0.530. The Labute approximate surface area is 67.4 Å². The quantitative estimate of drug-likeness (QED) is 0.560. The standard InChI is InChI=1S/C9H15NO/c11-9-7-3-1-2-4-8(10-9)6-5-7/h7-8H,1-6H2,(H,10,11). The van der Waals surface area contributed by atoms with Crippen molar-refractivity contribution in [2.75, 3.05) is 0 Å². The van der Waals surface area contributed by atoms with Gasteiger partial charge in [0, 0.05) is 12.0 Å². The summed E-state index contributed by atoms with van der Waals surface area (Å²) in [4.78, 5) is 11.3. The summed E-state index contributed by atoms with van der Waals surface area (Å²) in [5, 5.41) is 3.08. The van der Waals surface area contributed by atoms with E-state index in [4.69, 9.17) is 0 Å². The molecule has 0 spiro atoms. The van der Waals surface area contributed by atoms with Crippen LogP contribution in [0.2, 0.25) is 0 Å². The zero-order valence-corrected chi connectivity index (χ0v) is 6.81. The van der Waals surface area contributed by atoms with Gasteiger partial charge in [-0.1, -0.05) is 12.8 Å². The summed E-state index contributed by atoms with van der Waals surface area (Å²) < 4.78 is 0. The topological polar surface area (TPSA) is 29.1 Å². The fraction of sp³-hybridized carbons (Fsp3) is 0.889. The van der Waals surface area contributed by atoms with Crippen LogP contribution in [0.5, 0.6) is 0 Å². The summed E-state index contributed by atoms with van der Waals surface area (Å²) >= 11 is 0. The third kappa shape index (κ3) is 1.39. The molecule has 0 radical (unpaired) electrons. The van der Waals surface area contributed by atoms with Gasteiger partial charge < -0.3 is 5.32 Å². The van der Waals surface area contributed by atoms with Crippen LogP contribution >= 0.6 is 0 Å². The van der Waals surface area contributed by atoms with E-state index in [1.807, 2.05) is 0 Å². The Balaban J connectivity index is 2.07. The number of amides is 1. The van der Waals surface area contributed by atoms with Crippen molar-refractivity contribution in [1.82, 2.24) is 5.32 Å². The molecule has 11 heavy (non-hydrogen) atoms. The number of carbonyl (C=O) groups is 1. The van der Waals surface area contributed by atoms with Crippen molar-refractivity contribution in [3.05, 3.63) is 0 Å². The van der Waals surface area contributed by atoms with Crippen LogP contribution in [0, 0.1) is 5.92 Å². The summed E-state index contributed by atoms with van der Waals surface area (Å²) in [6.45, 7) is 0. The van der Waals surface area contributed by atoms with Gasteiger partial charge in [-0.25, -0.2) is 0 Å². The minimum atomic E-state index is 0.320. The predicted molar refractivity (Wildman–Crippen MR) is 43.1 cm³/mol. The molecule has 2 atom stereocenters. The zero-order valence-electron chi connectivity index (χ0n) is 6.81. The molecule has 1 N–H and O–H groups in total. The van der Waals surface area contributed by atoms with Gasteiger partial charge in [-0.05, 0) is 25.7 Å². The first-order valence-corrected chi connectivity index (χ1v) is 4.66. The molecule has 2 aliphatic heterocycles. The van der Waals surface area contributed by atoms with E-state index in [1.165, 1.54) is 25.7 Å². The number of rotatable bonds is 0. The van der Waals surface area contributed by atoms with Crippen LogP contribution in [0.3, 0.4) is 0 Å². The van der Waals surface area contributed by atoms with Crippen molar-refractivity contribution in [2.24, 2.45) is 5.92 Å². The van der Waals surface area contributed by atoms with Gasteiger partial charge >= 0.3 is 0 Å². The number of piperidine rings is 1. The lowest BCUT2D eigenvalue weighted by molar-refractivity contribution is -0.128. The number of hydrogen-bond acceptors (Lipinski definition) is 1. The molecule has 3 aliphatic rings. The lowest BCUT2D eigenvalue weighted by atomic mass is 9.84. The van der Waals surface area contributed by atoms with E-state index in [-0.39, 0.29) is 0 Å². The van der Waals surface area contributed by atoms with Crippen LogP contribution in [0.25, 0.3) is 0 Å². The Morgan fingerprint density at radius 2 is 1.91 bits per heavy atom. The third-order valence-corrected chi connectivity index (χ3v) is 2.94. The highest BCUT2D eigenvalue weighted by Gasteiger charge is 2.28. The van der Waals surface area contributed by atoms with Crippen molar-refractivity contribution < 1.29 is 4.79 Å². The largest absolute Gasteiger partial charge is 0.353 e.